The largest absolute Gasteiger partial charge is 0.493 e. The van der Waals surface area contributed by atoms with Gasteiger partial charge in [0, 0.05) is 24.1 Å². The lowest BCUT2D eigenvalue weighted by molar-refractivity contribution is 0.102. The predicted molar refractivity (Wildman–Crippen MR) is 85.9 cm³/mol. The summed E-state index contributed by atoms with van der Waals surface area (Å²) in [4.78, 5) is 20.0. The molecule has 23 heavy (non-hydrogen) atoms. The summed E-state index contributed by atoms with van der Waals surface area (Å²) < 4.78 is 11.4. The van der Waals surface area contributed by atoms with Gasteiger partial charge in [-0.25, -0.2) is 4.98 Å². The highest BCUT2D eigenvalue weighted by Crippen LogP contribution is 2.33. The van der Waals surface area contributed by atoms with Crippen molar-refractivity contribution >= 4 is 11.6 Å². The molecular formula is C17H19N3O3. The molecule has 0 aliphatic heterocycles. The van der Waals surface area contributed by atoms with Crippen molar-refractivity contribution in [3.05, 3.63) is 42.5 Å². The highest BCUT2D eigenvalue weighted by molar-refractivity contribution is 6.02. The smallest absolute Gasteiger partial charge is 0.275 e. The molecule has 6 nitrogen and oxygen atoms in total. The number of ether oxygens (including phenoxy) is 2. The fourth-order valence-electron chi connectivity index (χ4n) is 2.64. The molecular weight excluding hydrogens is 294 g/mol. The summed E-state index contributed by atoms with van der Waals surface area (Å²) in [6, 6.07) is 5.34. The number of amides is 1. The zero-order chi connectivity index (χ0) is 16.1. The predicted octanol–water partition coefficient (Wildman–Crippen LogP) is 3.06. The minimum absolute atomic E-state index is 0.217. The van der Waals surface area contributed by atoms with E-state index in [1.165, 1.54) is 31.4 Å². The molecule has 0 bridgehead atoms. The Morgan fingerprint density at radius 1 is 1.22 bits per heavy atom. The minimum Gasteiger partial charge on any atom is -0.493 e. The molecule has 1 aliphatic carbocycles. The first-order valence-corrected chi connectivity index (χ1v) is 7.68. The Labute approximate surface area is 134 Å². The SMILES string of the molecule is COc1ccc(NC(=O)c2cnccn2)cc1OC1CCCC1. The summed E-state index contributed by atoms with van der Waals surface area (Å²) in [5.41, 5.74) is 0.899. The van der Waals surface area contributed by atoms with Crippen LogP contribution in [0.1, 0.15) is 36.2 Å². The summed E-state index contributed by atoms with van der Waals surface area (Å²) in [7, 11) is 1.61. The zero-order valence-electron chi connectivity index (χ0n) is 13.0. The maximum absolute atomic E-state index is 12.1. The third-order valence-corrected chi connectivity index (χ3v) is 3.81. The summed E-state index contributed by atoms with van der Waals surface area (Å²) in [6.07, 6.45) is 9.14. The van der Waals surface area contributed by atoms with Gasteiger partial charge in [-0.05, 0) is 37.8 Å². The van der Waals surface area contributed by atoms with Crippen LogP contribution in [0, 0.1) is 0 Å². The van der Waals surface area contributed by atoms with Crippen LogP contribution in [0.5, 0.6) is 11.5 Å². The van der Waals surface area contributed by atoms with Gasteiger partial charge in [0.1, 0.15) is 5.69 Å². The second-order valence-corrected chi connectivity index (χ2v) is 5.43. The minimum atomic E-state index is -0.310. The van der Waals surface area contributed by atoms with E-state index >= 15 is 0 Å². The van der Waals surface area contributed by atoms with E-state index < -0.39 is 0 Å². The molecule has 1 saturated carbocycles. The Morgan fingerprint density at radius 2 is 2.04 bits per heavy atom. The molecule has 0 unspecified atom stereocenters. The molecule has 1 N–H and O–H groups in total. The van der Waals surface area contributed by atoms with E-state index in [0.717, 1.165) is 12.8 Å². The monoisotopic (exact) mass is 313 g/mol. The van der Waals surface area contributed by atoms with E-state index in [1.807, 2.05) is 0 Å². The molecule has 0 radical (unpaired) electrons. The molecule has 1 heterocycles. The Hall–Kier alpha value is -2.63. The van der Waals surface area contributed by atoms with Crippen molar-refractivity contribution in [3.8, 4) is 11.5 Å². The van der Waals surface area contributed by atoms with E-state index in [-0.39, 0.29) is 17.7 Å². The quantitative estimate of drug-likeness (QED) is 0.918. The topological polar surface area (TPSA) is 73.3 Å². The molecule has 1 aromatic carbocycles. The Balaban J connectivity index is 1.75. The van der Waals surface area contributed by atoms with Gasteiger partial charge in [-0.1, -0.05) is 0 Å². The average molecular weight is 313 g/mol. The van der Waals surface area contributed by atoms with Crippen LogP contribution in [-0.4, -0.2) is 29.1 Å². The van der Waals surface area contributed by atoms with Crippen LogP contribution in [0.25, 0.3) is 0 Å². The second-order valence-electron chi connectivity index (χ2n) is 5.43. The second kappa shape index (κ2) is 7.09. The van der Waals surface area contributed by atoms with Crippen molar-refractivity contribution in [2.45, 2.75) is 31.8 Å². The molecule has 1 amide bonds. The van der Waals surface area contributed by atoms with Gasteiger partial charge in [0.25, 0.3) is 5.91 Å². The van der Waals surface area contributed by atoms with Gasteiger partial charge < -0.3 is 14.8 Å². The molecule has 0 atom stereocenters. The fraction of sp³-hybridized carbons (Fsp3) is 0.353. The Morgan fingerprint density at radius 3 is 2.74 bits per heavy atom. The molecule has 2 aromatic rings. The molecule has 1 aromatic heterocycles. The lowest BCUT2D eigenvalue weighted by Gasteiger charge is -2.17. The van der Waals surface area contributed by atoms with E-state index in [2.05, 4.69) is 15.3 Å². The first kappa shape index (κ1) is 15.3. The Kier molecular flexibility index (Phi) is 4.71. The number of carbonyl (C=O) groups excluding carboxylic acids is 1. The van der Waals surface area contributed by atoms with Crippen molar-refractivity contribution in [2.75, 3.05) is 12.4 Å². The summed E-state index contributed by atoms with van der Waals surface area (Å²) in [5, 5.41) is 2.80. The van der Waals surface area contributed by atoms with Gasteiger partial charge in [-0.15, -0.1) is 0 Å². The number of nitrogens with one attached hydrogen (secondary N) is 1. The van der Waals surface area contributed by atoms with Crippen LogP contribution in [0.15, 0.2) is 36.8 Å². The lowest BCUT2D eigenvalue weighted by atomic mass is 10.2. The van der Waals surface area contributed by atoms with Crippen LogP contribution < -0.4 is 14.8 Å². The van der Waals surface area contributed by atoms with Gasteiger partial charge >= 0.3 is 0 Å². The maximum atomic E-state index is 12.1. The van der Waals surface area contributed by atoms with Crippen LogP contribution in [-0.2, 0) is 0 Å². The number of aromatic nitrogens is 2. The number of methoxy groups -OCH3 is 1. The fourth-order valence-corrected chi connectivity index (χ4v) is 2.64. The summed E-state index contributed by atoms with van der Waals surface area (Å²) in [5.74, 6) is 1.00. The molecule has 1 aliphatic rings. The first-order chi connectivity index (χ1) is 11.3. The highest BCUT2D eigenvalue weighted by atomic mass is 16.5. The number of benzene rings is 1. The van der Waals surface area contributed by atoms with E-state index in [9.17, 15) is 4.79 Å². The van der Waals surface area contributed by atoms with Crippen molar-refractivity contribution in [2.24, 2.45) is 0 Å². The van der Waals surface area contributed by atoms with Crippen molar-refractivity contribution in [1.29, 1.82) is 0 Å². The maximum Gasteiger partial charge on any atom is 0.275 e. The van der Waals surface area contributed by atoms with E-state index in [0.29, 0.717) is 17.2 Å². The normalized spacial score (nSPS) is 14.5. The number of rotatable bonds is 5. The Bertz CT molecular complexity index is 670. The van der Waals surface area contributed by atoms with Crippen LogP contribution in [0.4, 0.5) is 5.69 Å². The number of carbonyl (C=O) groups is 1. The lowest BCUT2D eigenvalue weighted by Crippen LogP contribution is -2.15. The summed E-state index contributed by atoms with van der Waals surface area (Å²) in [6.45, 7) is 0. The van der Waals surface area contributed by atoms with Crippen molar-refractivity contribution in [3.63, 3.8) is 0 Å². The third kappa shape index (κ3) is 3.77. The highest BCUT2D eigenvalue weighted by Gasteiger charge is 2.19. The molecule has 3 rings (SSSR count). The number of hydrogen-bond acceptors (Lipinski definition) is 5. The van der Waals surface area contributed by atoms with Crippen molar-refractivity contribution in [1.82, 2.24) is 9.97 Å². The van der Waals surface area contributed by atoms with Crippen LogP contribution in [0.2, 0.25) is 0 Å². The molecule has 6 heteroatoms. The van der Waals surface area contributed by atoms with Gasteiger partial charge in [0.05, 0.1) is 19.4 Å². The molecule has 0 spiro atoms. The number of anilines is 1. The molecule has 1 fully saturated rings. The van der Waals surface area contributed by atoms with Gasteiger partial charge in [0.2, 0.25) is 0 Å². The van der Waals surface area contributed by atoms with E-state index in [4.69, 9.17) is 9.47 Å². The standard InChI is InChI=1S/C17H19N3O3/c1-22-15-7-6-12(10-16(15)23-13-4-2-3-5-13)20-17(21)14-11-18-8-9-19-14/h6-11,13H,2-5H2,1H3,(H,20,21). The summed E-state index contributed by atoms with van der Waals surface area (Å²) >= 11 is 0. The first-order valence-electron chi connectivity index (χ1n) is 7.68. The molecule has 120 valence electrons. The average Bonchev–Trinajstić information content (AvgIpc) is 3.09. The van der Waals surface area contributed by atoms with E-state index in [1.54, 1.807) is 25.3 Å². The van der Waals surface area contributed by atoms with Gasteiger partial charge in [-0.2, -0.15) is 0 Å². The number of nitrogens with zero attached hydrogens (tertiary/aromatic N) is 2. The van der Waals surface area contributed by atoms with Crippen LogP contribution >= 0.6 is 0 Å². The third-order valence-electron chi connectivity index (χ3n) is 3.81. The number of hydrogen-bond donors (Lipinski definition) is 1. The van der Waals surface area contributed by atoms with Gasteiger partial charge in [-0.3, -0.25) is 9.78 Å². The zero-order valence-corrected chi connectivity index (χ0v) is 13.0. The van der Waals surface area contributed by atoms with Gasteiger partial charge in [0.15, 0.2) is 11.5 Å². The van der Waals surface area contributed by atoms with Crippen LogP contribution in [0.3, 0.4) is 0 Å². The van der Waals surface area contributed by atoms with Crippen molar-refractivity contribution < 1.29 is 14.3 Å². The molecule has 0 saturated heterocycles.